The van der Waals surface area contributed by atoms with Gasteiger partial charge in [0.05, 0.1) is 17.1 Å². The Hall–Kier alpha value is -1.81. The van der Waals surface area contributed by atoms with Crippen LogP contribution in [0.4, 0.5) is 8.78 Å². The second-order valence-corrected chi connectivity index (χ2v) is 7.99. The van der Waals surface area contributed by atoms with Crippen molar-refractivity contribution >= 4 is 10.0 Å². The zero-order valence-electron chi connectivity index (χ0n) is 14.9. The smallest absolute Gasteiger partial charge is 0.269 e. The molecule has 2 heterocycles. The van der Waals surface area contributed by atoms with Crippen molar-refractivity contribution in [3.05, 3.63) is 28.8 Å². The second-order valence-electron chi connectivity index (χ2n) is 6.29. The van der Waals surface area contributed by atoms with E-state index in [0.717, 1.165) is 11.4 Å². The van der Waals surface area contributed by atoms with Gasteiger partial charge in [0, 0.05) is 18.8 Å². The first-order valence-corrected chi connectivity index (χ1v) is 9.35. The molecule has 140 valence electrons. The minimum Gasteiger partial charge on any atom is -0.269 e. The summed E-state index contributed by atoms with van der Waals surface area (Å²) >= 11 is 0. The van der Waals surface area contributed by atoms with Gasteiger partial charge in [-0.15, -0.1) is 0 Å². The Labute approximate surface area is 146 Å². The summed E-state index contributed by atoms with van der Waals surface area (Å²) < 4.78 is 55.5. The number of halogens is 2. The molecule has 0 aliphatic rings. The fraction of sp³-hybridized carbons (Fsp3) is 0.600. The molecular weight excluding hydrogens is 352 g/mol. The Morgan fingerprint density at radius 1 is 1.20 bits per heavy atom. The number of aromatic nitrogens is 4. The van der Waals surface area contributed by atoms with Gasteiger partial charge in [0.2, 0.25) is 10.0 Å². The SMILES string of the molecule is Cc1cc(C)n(C[C@@H](C)CNS(=O)(=O)c2c(C)nn(C(F)F)c2C)n1. The van der Waals surface area contributed by atoms with Crippen LogP contribution in [0.15, 0.2) is 11.0 Å². The zero-order valence-corrected chi connectivity index (χ0v) is 15.7. The summed E-state index contributed by atoms with van der Waals surface area (Å²) in [6.45, 7) is 6.27. The van der Waals surface area contributed by atoms with E-state index in [4.69, 9.17) is 0 Å². The number of hydrogen-bond acceptors (Lipinski definition) is 4. The monoisotopic (exact) mass is 375 g/mol. The molecule has 10 heteroatoms. The first-order valence-electron chi connectivity index (χ1n) is 7.87. The van der Waals surface area contributed by atoms with E-state index in [1.165, 1.54) is 13.8 Å². The summed E-state index contributed by atoms with van der Waals surface area (Å²) in [5, 5.41) is 7.97. The molecule has 0 bridgehead atoms. The first kappa shape index (κ1) is 19.5. The lowest BCUT2D eigenvalue weighted by molar-refractivity contribution is 0.0538. The van der Waals surface area contributed by atoms with Crippen molar-refractivity contribution in [2.45, 2.75) is 52.6 Å². The number of sulfonamides is 1. The molecule has 2 rings (SSSR count). The van der Waals surface area contributed by atoms with Gasteiger partial charge in [0.25, 0.3) is 0 Å². The standard InChI is InChI=1S/C15H23F2N5O2S/c1-9(8-21-11(3)6-10(2)19-21)7-18-25(23,24)14-12(4)20-22(13(14)5)15(16)17/h6,9,15,18H,7-8H2,1-5H3/t9-/m0/s1. The molecule has 25 heavy (non-hydrogen) atoms. The predicted octanol–water partition coefficient (Wildman–Crippen LogP) is 2.32. The van der Waals surface area contributed by atoms with E-state index in [9.17, 15) is 17.2 Å². The highest BCUT2D eigenvalue weighted by Crippen LogP contribution is 2.23. The molecule has 2 aromatic rings. The zero-order chi connectivity index (χ0) is 18.9. The third-order valence-electron chi connectivity index (χ3n) is 3.92. The quantitative estimate of drug-likeness (QED) is 0.805. The van der Waals surface area contributed by atoms with Crippen LogP contribution in [0.5, 0.6) is 0 Å². The van der Waals surface area contributed by atoms with Crippen molar-refractivity contribution in [1.29, 1.82) is 0 Å². The third kappa shape index (κ3) is 4.24. The van der Waals surface area contributed by atoms with Crippen molar-refractivity contribution in [1.82, 2.24) is 24.3 Å². The summed E-state index contributed by atoms with van der Waals surface area (Å²) in [7, 11) is -3.92. The average Bonchev–Trinajstić information content (AvgIpc) is 2.96. The second kappa shape index (κ2) is 7.20. The Kier molecular flexibility index (Phi) is 5.62. The minimum absolute atomic E-state index is 0.0291. The van der Waals surface area contributed by atoms with Crippen molar-refractivity contribution in [2.75, 3.05) is 6.54 Å². The van der Waals surface area contributed by atoms with Gasteiger partial charge in [0.1, 0.15) is 4.90 Å². The molecule has 0 fully saturated rings. The van der Waals surface area contributed by atoms with E-state index in [1.807, 2.05) is 31.5 Å². The maximum Gasteiger partial charge on any atom is 0.333 e. The Morgan fingerprint density at radius 3 is 2.32 bits per heavy atom. The van der Waals surface area contributed by atoms with Gasteiger partial charge in [-0.05, 0) is 39.7 Å². The molecule has 0 saturated heterocycles. The van der Waals surface area contributed by atoms with E-state index >= 15 is 0 Å². The van der Waals surface area contributed by atoms with Crippen molar-refractivity contribution in [2.24, 2.45) is 5.92 Å². The highest BCUT2D eigenvalue weighted by molar-refractivity contribution is 7.89. The van der Waals surface area contributed by atoms with E-state index in [-0.39, 0.29) is 28.7 Å². The molecule has 0 unspecified atom stereocenters. The highest BCUT2D eigenvalue weighted by atomic mass is 32.2. The lowest BCUT2D eigenvalue weighted by Crippen LogP contribution is -2.31. The van der Waals surface area contributed by atoms with Crippen molar-refractivity contribution in [3.63, 3.8) is 0 Å². The van der Waals surface area contributed by atoms with Gasteiger partial charge in [-0.2, -0.15) is 19.0 Å². The number of hydrogen-bond donors (Lipinski definition) is 1. The molecule has 0 aromatic carbocycles. The fourth-order valence-electron chi connectivity index (χ4n) is 2.77. The number of aryl methyl sites for hydroxylation is 3. The highest BCUT2D eigenvalue weighted by Gasteiger charge is 2.27. The Balaban J connectivity index is 2.10. The molecule has 0 aliphatic carbocycles. The molecule has 7 nitrogen and oxygen atoms in total. The molecule has 0 spiro atoms. The van der Waals surface area contributed by atoms with E-state index in [0.29, 0.717) is 11.2 Å². The van der Waals surface area contributed by atoms with Gasteiger partial charge >= 0.3 is 6.55 Å². The molecule has 0 saturated carbocycles. The van der Waals surface area contributed by atoms with Crippen molar-refractivity contribution < 1.29 is 17.2 Å². The molecule has 0 radical (unpaired) electrons. The van der Waals surface area contributed by atoms with Crippen LogP contribution in [0, 0.1) is 33.6 Å². The van der Waals surface area contributed by atoms with Crippen LogP contribution in [0.25, 0.3) is 0 Å². The summed E-state index contributed by atoms with van der Waals surface area (Å²) in [4.78, 5) is -0.189. The van der Waals surface area contributed by atoms with Crippen LogP contribution >= 0.6 is 0 Å². The molecule has 1 N–H and O–H groups in total. The number of rotatable bonds is 7. The molecule has 1 atom stereocenters. The maximum atomic E-state index is 12.9. The summed E-state index contributed by atoms with van der Waals surface area (Å²) in [5.41, 5.74) is 1.87. The normalized spacial score (nSPS) is 13.6. The lowest BCUT2D eigenvalue weighted by atomic mass is 10.2. The largest absolute Gasteiger partial charge is 0.333 e. The molecular formula is C15H23F2N5O2S. The molecule has 2 aromatic heterocycles. The average molecular weight is 375 g/mol. The van der Waals surface area contributed by atoms with Crippen LogP contribution in [0.1, 0.15) is 36.2 Å². The Bertz CT molecular complexity index is 858. The molecule has 0 aliphatic heterocycles. The molecule has 0 amide bonds. The Morgan fingerprint density at radius 2 is 1.84 bits per heavy atom. The van der Waals surface area contributed by atoms with Gasteiger partial charge in [-0.25, -0.2) is 17.8 Å². The van der Waals surface area contributed by atoms with Gasteiger partial charge < -0.3 is 0 Å². The third-order valence-corrected chi connectivity index (χ3v) is 5.60. The number of nitrogens with one attached hydrogen (secondary N) is 1. The topological polar surface area (TPSA) is 81.8 Å². The summed E-state index contributed by atoms with van der Waals surface area (Å²) in [5.74, 6) is -0.0291. The predicted molar refractivity (Wildman–Crippen MR) is 89.0 cm³/mol. The van der Waals surface area contributed by atoms with Gasteiger partial charge in [-0.3, -0.25) is 4.68 Å². The first-order chi connectivity index (χ1) is 11.5. The number of nitrogens with zero attached hydrogens (tertiary/aromatic N) is 4. The van der Waals surface area contributed by atoms with Crippen LogP contribution in [-0.4, -0.2) is 34.5 Å². The lowest BCUT2D eigenvalue weighted by Gasteiger charge is -2.14. The van der Waals surface area contributed by atoms with E-state index in [1.54, 1.807) is 0 Å². The number of alkyl halides is 2. The van der Waals surface area contributed by atoms with E-state index < -0.39 is 16.6 Å². The minimum atomic E-state index is -3.92. The van der Waals surface area contributed by atoms with Gasteiger partial charge in [0.15, 0.2) is 0 Å². The van der Waals surface area contributed by atoms with Gasteiger partial charge in [-0.1, -0.05) is 6.92 Å². The summed E-state index contributed by atoms with van der Waals surface area (Å²) in [6.07, 6.45) is 0. The van der Waals surface area contributed by atoms with Crippen LogP contribution in [0.3, 0.4) is 0 Å². The van der Waals surface area contributed by atoms with Crippen LogP contribution in [0.2, 0.25) is 0 Å². The van der Waals surface area contributed by atoms with Crippen LogP contribution in [-0.2, 0) is 16.6 Å². The summed E-state index contributed by atoms with van der Waals surface area (Å²) in [6, 6.07) is 1.95. The maximum absolute atomic E-state index is 12.9. The van der Waals surface area contributed by atoms with E-state index in [2.05, 4.69) is 14.9 Å². The van der Waals surface area contributed by atoms with Crippen molar-refractivity contribution in [3.8, 4) is 0 Å². The van der Waals surface area contributed by atoms with Crippen LogP contribution < -0.4 is 4.72 Å². The fourth-order valence-corrected chi connectivity index (χ4v) is 4.33.